The summed E-state index contributed by atoms with van der Waals surface area (Å²) >= 11 is 0. The molecule has 0 radical (unpaired) electrons. The Morgan fingerprint density at radius 2 is 1.46 bits per heavy atom. The van der Waals surface area contributed by atoms with Gasteiger partial charge in [0.2, 0.25) is 7.12 Å². The number of nitrogens with zero attached hydrogens (tertiary/aromatic N) is 7. The van der Waals surface area contributed by atoms with E-state index in [4.69, 9.17) is 20.0 Å². The van der Waals surface area contributed by atoms with Crippen molar-refractivity contribution in [1.82, 2.24) is 28.7 Å². The zero-order chi connectivity index (χ0) is 39.4. The fraction of sp³-hybridized carbons (Fsp3) is 0.333. The smallest absolute Gasteiger partial charge is 0.623 e. The molecule has 1 aliphatic carbocycles. The van der Waals surface area contributed by atoms with Crippen LogP contribution in [0.5, 0.6) is 5.75 Å². The van der Waals surface area contributed by atoms with Crippen molar-refractivity contribution in [3.05, 3.63) is 125 Å². The molecule has 0 bridgehead atoms. The third-order valence-electron chi connectivity index (χ3n) is 13.4. The third-order valence-corrected chi connectivity index (χ3v) is 13.4. The van der Waals surface area contributed by atoms with Gasteiger partial charge >= 0.3 is 28.3 Å². The molecular formula is C45H50B3N7OPt. The van der Waals surface area contributed by atoms with E-state index in [0.717, 1.165) is 33.2 Å². The number of fused-ring (bicyclic) bond motifs is 3. The predicted octanol–water partition coefficient (Wildman–Crippen LogP) is 10.1. The summed E-state index contributed by atoms with van der Waals surface area (Å²) in [5.74, 6) is 1.40. The van der Waals surface area contributed by atoms with Crippen molar-refractivity contribution in [2.75, 3.05) is 14.1 Å². The second-order valence-corrected chi connectivity index (χ2v) is 17.6. The number of pyridine rings is 1. The van der Waals surface area contributed by atoms with Crippen LogP contribution in [0.3, 0.4) is 0 Å². The third kappa shape index (κ3) is 5.98. The molecule has 3 aromatic heterocycles. The van der Waals surface area contributed by atoms with Crippen molar-refractivity contribution in [2.24, 2.45) is 0 Å². The topological polar surface area (TPSA) is 64.9 Å². The molecule has 4 aromatic carbocycles. The average Bonchev–Trinajstić information content (AvgIpc) is 3.84. The zero-order valence-electron chi connectivity index (χ0n) is 34.9. The molecule has 1 saturated heterocycles. The van der Waals surface area contributed by atoms with E-state index in [1.165, 1.54) is 38.6 Å². The van der Waals surface area contributed by atoms with E-state index in [0.29, 0.717) is 17.6 Å². The molecule has 1 fully saturated rings. The first kappa shape index (κ1) is 39.7. The quantitative estimate of drug-likeness (QED) is 0.0906. The van der Waals surface area contributed by atoms with E-state index in [9.17, 15) is 0 Å². The Balaban J connectivity index is 0.00000455. The Bertz CT molecular complexity index is 2630. The van der Waals surface area contributed by atoms with Gasteiger partial charge < -0.3 is 23.8 Å². The van der Waals surface area contributed by atoms with Crippen LogP contribution < -0.4 is 4.65 Å². The summed E-state index contributed by atoms with van der Waals surface area (Å²) in [6, 6.07) is 31.9. The molecule has 2 aliphatic rings. The van der Waals surface area contributed by atoms with Crippen molar-refractivity contribution < 1.29 is 25.7 Å². The van der Waals surface area contributed by atoms with Crippen LogP contribution in [-0.2, 0) is 31.9 Å². The Morgan fingerprint density at radius 3 is 2.14 bits per heavy atom. The number of hydrogen-bond donors (Lipinski definition) is 0. The second kappa shape index (κ2) is 14.3. The Kier molecular flexibility index (Phi) is 9.95. The second-order valence-electron chi connectivity index (χ2n) is 17.6. The van der Waals surface area contributed by atoms with Crippen LogP contribution in [0.15, 0.2) is 91.3 Å². The predicted molar refractivity (Wildman–Crippen MR) is 234 cm³/mol. The van der Waals surface area contributed by atoms with Gasteiger partial charge in [0.05, 0.1) is 17.4 Å². The standard InChI is InChI=1S/C45H50B3N7O.Pt/c1-28(2)33-19-15-20-34(29(3)4)39(33)31-26-49-54(27-31)47-51-48(53(11)46(9)52(47)10)56-32-23-24-35-36-21-16-22-37-40(36)43-41(45(7,8)44(37,5)6)42(30-17-13-12-14-18-30)50-55(43)38(35)25-32;/h12-24,26-29H,1-11H3;/q-2;+2. The maximum atomic E-state index is 6.83. The number of benzene rings is 4. The molecule has 12 heteroatoms. The minimum Gasteiger partial charge on any atom is -0.623 e. The molecule has 290 valence electrons. The van der Waals surface area contributed by atoms with Crippen molar-refractivity contribution in [3.8, 4) is 28.1 Å². The Hall–Kier alpha value is -4.14. The van der Waals surface area contributed by atoms with Crippen molar-refractivity contribution in [1.29, 1.82) is 0 Å². The molecule has 0 N–H and O–H groups in total. The van der Waals surface area contributed by atoms with Crippen LogP contribution in [0.25, 0.3) is 54.7 Å². The molecule has 57 heavy (non-hydrogen) atoms. The largest absolute Gasteiger partial charge is 2.00 e. The minimum atomic E-state index is -0.573. The zero-order valence-corrected chi connectivity index (χ0v) is 37.2. The van der Waals surface area contributed by atoms with E-state index in [2.05, 4.69) is 175 Å². The summed E-state index contributed by atoms with van der Waals surface area (Å²) in [5, 5.41) is 19.2. The summed E-state index contributed by atoms with van der Waals surface area (Å²) in [4.78, 5) is 0. The molecule has 9 rings (SSSR count). The first-order valence-electron chi connectivity index (χ1n) is 20.1. The summed E-state index contributed by atoms with van der Waals surface area (Å²) in [5.41, 5.74) is 11.5. The Morgan fingerprint density at radius 1 is 0.772 bits per heavy atom. The van der Waals surface area contributed by atoms with E-state index < -0.39 is 7.19 Å². The van der Waals surface area contributed by atoms with Crippen LogP contribution in [0.4, 0.5) is 0 Å². The molecule has 0 atom stereocenters. The van der Waals surface area contributed by atoms with Gasteiger partial charge in [0, 0.05) is 28.3 Å². The summed E-state index contributed by atoms with van der Waals surface area (Å²) in [6.07, 6.45) is 4.14. The monoisotopic (exact) mass is 932 g/mol. The molecule has 0 unspecified atom stereocenters. The van der Waals surface area contributed by atoms with E-state index in [1.54, 1.807) is 0 Å². The van der Waals surface area contributed by atoms with Gasteiger partial charge in [0.1, 0.15) is 0 Å². The first-order chi connectivity index (χ1) is 26.7. The van der Waals surface area contributed by atoms with Crippen molar-refractivity contribution >= 4 is 48.5 Å². The Labute approximate surface area is 353 Å². The number of hydrogen-bond acceptors (Lipinski definition) is 5. The van der Waals surface area contributed by atoms with Crippen LogP contribution in [0.1, 0.15) is 89.5 Å². The first-order valence-corrected chi connectivity index (χ1v) is 20.1. The molecule has 7 aromatic rings. The van der Waals surface area contributed by atoms with Crippen LogP contribution >= 0.6 is 0 Å². The van der Waals surface area contributed by atoms with Gasteiger partial charge in [0.15, 0.2) is 0 Å². The molecular weight excluding hydrogens is 882 g/mol. The fourth-order valence-corrected chi connectivity index (χ4v) is 9.27. The van der Waals surface area contributed by atoms with Crippen LogP contribution in [-0.4, -0.2) is 64.1 Å². The summed E-state index contributed by atoms with van der Waals surface area (Å²) in [7, 11) is 3.22. The molecule has 1 aliphatic heterocycles. The van der Waals surface area contributed by atoms with Crippen molar-refractivity contribution in [3.63, 3.8) is 0 Å². The van der Waals surface area contributed by atoms with Gasteiger partial charge in [-0.25, -0.2) is 0 Å². The normalized spacial score (nSPS) is 16.8. The molecule has 4 heterocycles. The van der Waals surface area contributed by atoms with Gasteiger partial charge in [0.25, 0.3) is 6.98 Å². The molecule has 0 amide bonds. The van der Waals surface area contributed by atoms with E-state index in [1.807, 2.05) is 16.9 Å². The maximum absolute atomic E-state index is 6.83. The maximum Gasteiger partial charge on any atom is 2.00 e. The summed E-state index contributed by atoms with van der Waals surface area (Å²) < 4.78 is 15.3. The minimum absolute atomic E-state index is 0. The molecule has 0 spiro atoms. The fourth-order valence-electron chi connectivity index (χ4n) is 9.27. The summed E-state index contributed by atoms with van der Waals surface area (Å²) in [6.45, 7) is 20.7. The van der Waals surface area contributed by atoms with Gasteiger partial charge in [-0.3, -0.25) is 4.52 Å². The SMILES string of the molecule is CB1N(C)B(Oc2[c-]c3c(cc2)c2cccc4c2c2c(c(-c5ccccc5)nn32)C(C)(C)C4(C)C)[N-]B(n2cc(-c3c(C(C)C)cccc3C(C)C)cn2)N1C.[Pt+2]. The molecule has 8 nitrogen and oxygen atoms in total. The van der Waals surface area contributed by atoms with Gasteiger partial charge in [-0.2, -0.15) is 16.3 Å². The van der Waals surface area contributed by atoms with Gasteiger partial charge in [-0.05, 0) is 70.3 Å². The van der Waals surface area contributed by atoms with Gasteiger partial charge in [-0.15, -0.1) is 17.5 Å². The van der Waals surface area contributed by atoms with Crippen LogP contribution in [0.2, 0.25) is 6.82 Å². The molecule has 0 saturated carbocycles. The van der Waals surface area contributed by atoms with E-state index >= 15 is 0 Å². The van der Waals surface area contributed by atoms with Gasteiger partial charge in [-0.1, -0.05) is 134 Å². The average molecular weight is 932 g/mol. The van der Waals surface area contributed by atoms with E-state index in [-0.39, 0.29) is 46.0 Å². The van der Waals surface area contributed by atoms with Crippen molar-refractivity contribution in [2.45, 2.75) is 84.9 Å². The number of aromatic nitrogens is 4. The van der Waals surface area contributed by atoms with Crippen LogP contribution in [0, 0.1) is 6.07 Å². The number of rotatable bonds is 7.